The molecule has 0 bridgehead atoms. The number of aliphatic hydroxyl groups is 1. The highest BCUT2D eigenvalue weighted by Gasteiger charge is 2.35. The van der Waals surface area contributed by atoms with Crippen molar-refractivity contribution in [3.8, 4) is 11.8 Å². The summed E-state index contributed by atoms with van der Waals surface area (Å²) in [5, 5.41) is 29.2. The Morgan fingerprint density at radius 1 is 1.32 bits per heavy atom. The zero-order chi connectivity index (χ0) is 19.1. The van der Waals surface area contributed by atoms with Crippen LogP contribution in [0.15, 0.2) is 12.1 Å². The summed E-state index contributed by atoms with van der Waals surface area (Å²) in [4.78, 5) is 15.5. The summed E-state index contributed by atoms with van der Waals surface area (Å²) in [6.07, 6.45) is -4.73. The highest BCUT2D eigenvalue weighted by atomic mass is 35.5. The highest BCUT2D eigenvalue weighted by molar-refractivity contribution is 6.30. The van der Waals surface area contributed by atoms with Gasteiger partial charge in [-0.3, -0.25) is 4.79 Å². The molecular weight excluding hydrogens is 367 g/mol. The lowest BCUT2D eigenvalue weighted by atomic mass is 10.2. The van der Waals surface area contributed by atoms with E-state index in [0.717, 1.165) is 13.0 Å². The van der Waals surface area contributed by atoms with Gasteiger partial charge in [-0.1, -0.05) is 11.6 Å². The average molecular weight is 380 g/mol. The van der Waals surface area contributed by atoms with Crippen molar-refractivity contribution >= 4 is 23.3 Å². The number of alkyl halides is 3. The lowest BCUT2D eigenvalue weighted by molar-refractivity contribution is -0.137. The topological polar surface area (TPSA) is 98.8 Å². The molecule has 2 heterocycles. The number of carbonyl (C=O) groups excluding carboxylic acids is 1. The number of aliphatic hydroxyl groups excluding tert-OH is 1. The van der Waals surface area contributed by atoms with Gasteiger partial charge in [0, 0.05) is 18.1 Å². The van der Waals surface area contributed by atoms with Crippen molar-refractivity contribution in [2.24, 2.45) is 0 Å². The number of carbonyl (C=O) groups is 1. The molecule has 0 atom stereocenters. The first-order chi connectivity index (χ1) is 11.5. The van der Waals surface area contributed by atoms with Crippen molar-refractivity contribution < 1.29 is 33.3 Å². The molecule has 0 saturated carbocycles. The van der Waals surface area contributed by atoms with Crippen molar-refractivity contribution in [2.75, 3.05) is 5.01 Å². The molecule has 0 unspecified atom stereocenters. The molecular formula is C14H13ClF3N3O4. The van der Waals surface area contributed by atoms with Crippen molar-refractivity contribution in [3.63, 3.8) is 0 Å². The Kier molecular flexibility index (Phi) is 4.87. The summed E-state index contributed by atoms with van der Waals surface area (Å²) in [7, 11) is 0. The number of hydrogen-bond donors (Lipinski definition) is 3. The number of pyridine rings is 1. The van der Waals surface area contributed by atoms with E-state index in [-0.39, 0.29) is 16.9 Å². The molecule has 2 aromatic rings. The van der Waals surface area contributed by atoms with Crippen molar-refractivity contribution in [1.82, 2.24) is 9.66 Å². The summed E-state index contributed by atoms with van der Waals surface area (Å²) in [5.74, 6) is -2.40. The Morgan fingerprint density at radius 2 is 1.92 bits per heavy atom. The van der Waals surface area contributed by atoms with Crippen LogP contribution in [-0.2, 0) is 17.6 Å². The average Bonchev–Trinajstić information content (AvgIpc) is 2.69. The van der Waals surface area contributed by atoms with E-state index < -0.39 is 41.2 Å². The van der Waals surface area contributed by atoms with Gasteiger partial charge in [0.25, 0.3) is 0 Å². The van der Waals surface area contributed by atoms with Gasteiger partial charge in [-0.05, 0) is 19.1 Å². The summed E-state index contributed by atoms with van der Waals surface area (Å²) < 4.78 is 38.9. The van der Waals surface area contributed by atoms with E-state index in [1.54, 1.807) is 0 Å². The van der Waals surface area contributed by atoms with Crippen LogP contribution < -0.4 is 5.01 Å². The van der Waals surface area contributed by atoms with E-state index in [0.29, 0.717) is 15.8 Å². The van der Waals surface area contributed by atoms with Crippen molar-refractivity contribution in [1.29, 1.82) is 0 Å². The molecule has 0 fully saturated rings. The Hall–Kier alpha value is -2.46. The molecule has 0 saturated heterocycles. The second-order valence-corrected chi connectivity index (χ2v) is 5.42. The van der Waals surface area contributed by atoms with E-state index in [1.807, 2.05) is 0 Å². The van der Waals surface area contributed by atoms with Crippen LogP contribution in [0.2, 0.25) is 5.15 Å². The van der Waals surface area contributed by atoms with Crippen LogP contribution in [0, 0.1) is 6.92 Å². The van der Waals surface area contributed by atoms with Crippen molar-refractivity contribution in [3.05, 3.63) is 34.0 Å². The van der Waals surface area contributed by atoms with Crippen molar-refractivity contribution in [2.45, 2.75) is 26.6 Å². The van der Waals surface area contributed by atoms with Crippen LogP contribution >= 0.6 is 11.6 Å². The number of anilines is 1. The van der Waals surface area contributed by atoms with E-state index in [2.05, 4.69) is 4.98 Å². The summed E-state index contributed by atoms with van der Waals surface area (Å²) in [5.41, 5.74) is -1.17. The van der Waals surface area contributed by atoms with Crippen LogP contribution in [0.5, 0.6) is 11.8 Å². The third-order valence-electron chi connectivity index (χ3n) is 3.47. The van der Waals surface area contributed by atoms with E-state index in [9.17, 15) is 33.3 Å². The Balaban J connectivity index is 2.66. The van der Waals surface area contributed by atoms with Gasteiger partial charge in [-0.2, -0.15) is 22.9 Å². The Bertz CT molecular complexity index is 836. The molecule has 0 spiro atoms. The number of amides is 1. The van der Waals surface area contributed by atoms with Crippen LogP contribution in [-0.4, -0.2) is 30.9 Å². The van der Waals surface area contributed by atoms with E-state index in [4.69, 9.17) is 11.6 Å². The first-order valence-electron chi connectivity index (χ1n) is 6.78. The lowest BCUT2D eigenvalue weighted by Gasteiger charge is -2.23. The van der Waals surface area contributed by atoms with Crippen LogP contribution in [0.1, 0.15) is 23.6 Å². The zero-order valence-electron chi connectivity index (χ0n) is 13.0. The molecule has 2 aromatic heterocycles. The molecule has 0 radical (unpaired) electrons. The molecule has 2 rings (SSSR count). The predicted octanol–water partition coefficient (Wildman–Crippen LogP) is 2.58. The molecule has 7 nitrogen and oxygen atoms in total. The molecule has 0 aliphatic heterocycles. The maximum Gasteiger partial charge on any atom is 0.419 e. The fourth-order valence-electron chi connectivity index (χ4n) is 2.23. The highest BCUT2D eigenvalue weighted by Crippen LogP contribution is 2.38. The van der Waals surface area contributed by atoms with Gasteiger partial charge in [-0.15, -0.1) is 0 Å². The molecule has 0 aromatic carbocycles. The minimum absolute atomic E-state index is 0.0539. The second kappa shape index (κ2) is 6.45. The standard InChI is InChI=1S/C14H13ClF3N3O4/c1-6-8(5-22)13(25)21(12(6)24)20(7(2)23)10-4-3-9(11(15)19-10)14(16,17)18/h3-4,22,24-25H,5H2,1-2H3. The van der Waals surface area contributed by atoms with Gasteiger partial charge in [0.05, 0.1) is 12.2 Å². The Labute approximate surface area is 144 Å². The summed E-state index contributed by atoms with van der Waals surface area (Å²) in [6, 6.07) is 1.49. The van der Waals surface area contributed by atoms with Gasteiger partial charge in [0.15, 0.2) is 5.82 Å². The molecule has 0 aliphatic rings. The minimum Gasteiger partial charge on any atom is -0.493 e. The number of aromatic nitrogens is 2. The van der Waals surface area contributed by atoms with Gasteiger partial charge in [0.1, 0.15) is 5.15 Å². The van der Waals surface area contributed by atoms with Crippen LogP contribution in [0.4, 0.5) is 19.0 Å². The molecule has 0 aliphatic carbocycles. The molecule has 25 heavy (non-hydrogen) atoms. The summed E-state index contributed by atoms with van der Waals surface area (Å²) >= 11 is 5.55. The third kappa shape index (κ3) is 3.22. The largest absolute Gasteiger partial charge is 0.493 e. The molecule has 1 amide bonds. The molecule has 136 valence electrons. The number of halogens is 4. The normalized spacial score (nSPS) is 11.6. The number of hydrogen-bond acceptors (Lipinski definition) is 5. The number of aromatic hydroxyl groups is 2. The van der Waals surface area contributed by atoms with E-state index >= 15 is 0 Å². The first kappa shape index (κ1) is 18.9. The first-order valence-corrected chi connectivity index (χ1v) is 7.16. The fourth-order valence-corrected chi connectivity index (χ4v) is 2.48. The monoisotopic (exact) mass is 379 g/mol. The van der Waals surface area contributed by atoms with E-state index in [1.165, 1.54) is 6.92 Å². The lowest BCUT2D eigenvalue weighted by Crippen LogP contribution is -2.34. The van der Waals surface area contributed by atoms with Gasteiger partial charge in [-0.25, -0.2) is 4.98 Å². The Morgan fingerprint density at radius 3 is 2.32 bits per heavy atom. The number of rotatable bonds is 3. The van der Waals surface area contributed by atoms with Gasteiger partial charge >= 0.3 is 6.18 Å². The van der Waals surface area contributed by atoms with Crippen LogP contribution in [0.25, 0.3) is 0 Å². The molecule has 11 heteroatoms. The van der Waals surface area contributed by atoms with Crippen LogP contribution in [0.3, 0.4) is 0 Å². The predicted molar refractivity (Wildman–Crippen MR) is 81.2 cm³/mol. The quantitative estimate of drug-likeness (QED) is 0.712. The molecule has 3 N–H and O–H groups in total. The van der Waals surface area contributed by atoms with Gasteiger partial charge < -0.3 is 15.3 Å². The zero-order valence-corrected chi connectivity index (χ0v) is 13.7. The maximum absolute atomic E-state index is 12.8. The fraction of sp³-hybridized carbons (Fsp3) is 0.286. The smallest absolute Gasteiger partial charge is 0.419 e. The van der Waals surface area contributed by atoms with Gasteiger partial charge in [0.2, 0.25) is 17.7 Å². The second-order valence-electron chi connectivity index (χ2n) is 5.06. The SMILES string of the molecule is CC(=O)N(c1ccc(C(F)(F)F)c(Cl)n1)n1c(O)c(C)c(CO)c1O. The number of nitrogens with zero attached hydrogens (tertiary/aromatic N) is 3. The maximum atomic E-state index is 12.8. The summed E-state index contributed by atoms with van der Waals surface area (Å²) in [6.45, 7) is 1.79. The minimum atomic E-state index is -4.73. The third-order valence-corrected chi connectivity index (χ3v) is 3.76.